The maximum atomic E-state index is 12.6. The summed E-state index contributed by atoms with van der Waals surface area (Å²) in [6.07, 6.45) is 0. The molecule has 114 valence electrons. The van der Waals surface area contributed by atoms with Crippen molar-refractivity contribution in [3.63, 3.8) is 0 Å². The van der Waals surface area contributed by atoms with E-state index in [1.54, 1.807) is 0 Å². The number of nitrogens with zero attached hydrogens (tertiary/aromatic N) is 1. The lowest BCUT2D eigenvalue weighted by molar-refractivity contribution is 0.0997. The number of anilines is 2. The first kappa shape index (κ1) is 14.4. The molecule has 4 heteroatoms. The number of fused-ring (bicyclic) bond motifs is 1. The summed E-state index contributed by atoms with van der Waals surface area (Å²) in [5.41, 5.74) is 10.6. The third kappa shape index (κ3) is 2.64. The molecule has 2 aromatic carbocycles. The fourth-order valence-corrected chi connectivity index (χ4v) is 2.71. The molecule has 0 radical (unpaired) electrons. The quantitative estimate of drug-likeness (QED) is 0.699. The molecule has 0 amide bonds. The highest BCUT2D eigenvalue weighted by Crippen LogP contribution is 2.36. The number of carbonyl (C=O) groups excluding carboxylic acids is 1. The van der Waals surface area contributed by atoms with E-state index in [-0.39, 0.29) is 5.78 Å². The highest BCUT2D eigenvalue weighted by atomic mass is 16.5. The molecule has 0 atom stereocenters. The molecular weight excluding hydrogens is 276 g/mol. The van der Waals surface area contributed by atoms with Crippen molar-refractivity contribution in [3.05, 3.63) is 53.1 Å². The van der Waals surface area contributed by atoms with Crippen LogP contribution in [-0.2, 0) is 0 Å². The molecule has 0 aliphatic carbocycles. The summed E-state index contributed by atoms with van der Waals surface area (Å²) < 4.78 is 5.62. The number of carbonyl (C=O) groups is 1. The van der Waals surface area contributed by atoms with Crippen LogP contribution in [0.5, 0.6) is 5.75 Å². The zero-order valence-electron chi connectivity index (χ0n) is 12.9. The smallest absolute Gasteiger partial charge is 0.182 e. The molecule has 2 aromatic rings. The van der Waals surface area contributed by atoms with Crippen molar-refractivity contribution in [3.8, 4) is 5.75 Å². The van der Waals surface area contributed by atoms with Gasteiger partial charge in [0.05, 0.1) is 18.8 Å². The lowest BCUT2D eigenvalue weighted by Crippen LogP contribution is -2.37. The number of nitrogen functional groups attached to an aromatic ring is 1. The van der Waals surface area contributed by atoms with Gasteiger partial charge in [0, 0.05) is 5.56 Å². The number of rotatable bonds is 3. The van der Waals surface area contributed by atoms with Gasteiger partial charge in [-0.05, 0) is 43.2 Å². The second-order valence-electron chi connectivity index (χ2n) is 5.69. The van der Waals surface area contributed by atoms with Gasteiger partial charge in [0.25, 0.3) is 0 Å². The minimum atomic E-state index is 0.0965. The Balaban J connectivity index is 1.85. The predicted octanol–water partition coefficient (Wildman–Crippen LogP) is 2.97. The van der Waals surface area contributed by atoms with Gasteiger partial charge in [-0.25, -0.2) is 0 Å². The summed E-state index contributed by atoms with van der Waals surface area (Å²) in [4.78, 5) is 14.6. The Labute approximate surface area is 130 Å². The molecule has 1 heterocycles. The van der Waals surface area contributed by atoms with E-state index < -0.39 is 0 Å². The second kappa shape index (κ2) is 5.72. The van der Waals surface area contributed by atoms with Crippen LogP contribution in [0.2, 0.25) is 0 Å². The summed E-state index contributed by atoms with van der Waals surface area (Å²) in [6.45, 7) is 5.61. The lowest BCUT2D eigenvalue weighted by atomic mass is 10.0. The van der Waals surface area contributed by atoms with Gasteiger partial charge >= 0.3 is 0 Å². The summed E-state index contributed by atoms with van der Waals surface area (Å²) >= 11 is 0. The Kier molecular flexibility index (Phi) is 3.75. The topological polar surface area (TPSA) is 55.6 Å². The summed E-state index contributed by atoms with van der Waals surface area (Å²) in [7, 11) is 0. The first-order valence-electron chi connectivity index (χ1n) is 7.43. The molecule has 2 N–H and O–H groups in total. The molecule has 4 nitrogen and oxygen atoms in total. The largest absolute Gasteiger partial charge is 0.489 e. The monoisotopic (exact) mass is 296 g/mol. The maximum absolute atomic E-state index is 12.6. The van der Waals surface area contributed by atoms with E-state index >= 15 is 0 Å². The zero-order chi connectivity index (χ0) is 15.7. The van der Waals surface area contributed by atoms with Crippen molar-refractivity contribution in [2.45, 2.75) is 13.8 Å². The molecular formula is C18H20N2O2. The number of hydrogen-bond donors (Lipinski definition) is 1. The van der Waals surface area contributed by atoms with Crippen LogP contribution < -0.4 is 15.4 Å². The van der Waals surface area contributed by atoms with E-state index in [2.05, 4.69) is 0 Å². The summed E-state index contributed by atoms with van der Waals surface area (Å²) in [5.74, 6) is 0.846. The highest BCUT2D eigenvalue weighted by molar-refractivity contribution is 6.00. The van der Waals surface area contributed by atoms with Gasteiger partial charge in [-0.2, -0.15) is 0 Å². The number of hydrogen-bond acceptors (Lipinski definition) is 4. The molecule has 22 heavy (non-hydrogen) atoms. The van der Waals surface area contributed by atoms with Crippen molar-refractivity contribution in [1.82, 2.24) is 0 Å². The maximum Gasteiger partial charge on any atom is 0.182 e. The normalized spacial score (nSPS) is 13.5. The van der Waals surface area contributed by atoms with E-state index in [4.69, 9.17) is 10.5 Å². The van der Waals surface area contributed by atoms with Crippen LogP contribution in [0.3, 0.4) is 0 Å². The van der Waals surface area contributed by atoms with Crippen LogP contribution in [0.25, 0.3) is 0 Å². The second-order valence-corrected chi connectivity index (χ2v) is 5.69. The van der Waals surface area contributed by atoms with E-state index in [1.807, 2.05) is 55.1 Å². The van der Waals surface area contributed by atoms with Gasteiger partial charge in [-0.1, -0.05) is 18.2 Å². The minimum absolute atomic E-state index is 0.0965. The first-order chi connectivity index (χ1) is 10.6. The molecule has 0 spiro atoms. The average molecular weight is 296 g/mol. The zero-order valence-corrected chi connectivity index (χ0v) is 12.9. The first-order valence-corrected chi connectivity index (χ1v) is 7.43. The van der Waals surface area contributed by atoms with Gasteiger partial charge in [0.2, 0.25) is 0 Å². The number of nitrogens with two attached hydrogens (primary N) is 1. The third-order valence-corrected chi connectivity index (χ3v) is 4.13. The van der Waals surface area contributed by atoms with Gasteiger partial charge in [0.1, 0.15) is 18.0 Å². The Morgan fingerprint density at radius 2 is 2.05 bits per heavy atom. The summed E-state index contributed by atoms with van der Waals surface area (Å²) in [5, 5.41) is 0. The molecule has 1 aliphatic rings. The molecule has 1 aliphatic heterocycles. The van der Waals surface area contributed by atoms with Crippen LogP contribution in [0, 0.1) is 13.8 Å². The lowest BCUT2D eigenvalue weighted by Gasteiger charge is -2.31. The average Bonchev–Trinajstić information content (AvgIpc) is 2.50. The van der Waals surface area contributed by atoms with Gasteiger partial charge < -0.3 is 15.4 Å². The van der Waals surface area contributed by atoms with E-state index in [9.17, 15) is 4.79 Å². The number of para-hydroxylation sites is 1. The Morgan fingerprint density at radius 1 is 1.23 bits per heavy atom. The molecule has 0 unspecified atom stereocenters. The number of Topliss-reactive ketones (excluding diaryl/α,β-unsaturated/α-hetero) is 1. The van der Waals surface area contributed by atoms with Crippen LogP contribution in [0.15, 0.2) is 36.4 Å². The van der Waals surface area contributed by atoms with Gasteiger partial charge in [0.15, 0.2) is 5.78 Å². The number of ketones is 1. The van der Waals surface area contributed by atoms with Crippen molar-refractivity contribution >= 4 is 17.2 Å². The van der Waals surface area contributed by atoms with Gasteiger partial charge in [-0.3, -0.25) is 4.79 Å². The van der Waals surface area contributed by atoms with E-state index in [0.29, 0.717) is 25.4 Å². The highest BCUT2D eigenvalue weighted by Gasteiger charge is 2.23. The van der Waals surface area contributed by atoms with Crippen molar-refractivity contribution in [2.75, 3.05) is 30.3 Å². The Hall–Kier alpha value is -2.49. The molecule has 0 aromatic heterocycles. The SMILES string of the molecule is Cc1ccc(C(=O)CN2CCOc3cccc(N)c32)cc1C. The predicted molar refractivity (Wildman–Crippen MR) is 88.8 cm³/mol. The Morgan fingerprint density at radius 3 is 2.82 bits per heavy atom. The Bertz CT molecular complexity index is 725. The summed E-state index contributed by atoms with van der Waals surface area (Å²) in [6, 6.07) is 11.4. The fraction of sp³-hybridized carbons (Fsp3) is 0.278. The number of ether oxygens (including phenoxy) is 1. The van der Waals surface area contributed by atoms with Crippen LogP contribution in [0.1, 0.15) is 21.5 Å². The molecule has 0 fully saturated rings. The molecule has 3 rings (SSSR count). The van der Waals surface area contributed by atoms with Crippen molar-refractivity contribution in [1.29, 1.82) is 0 Å². The van der Waals surface area contributed by atoms with E-state index in [0.717, 1.165) is 22.6 Å². The molecule has 0 bridgehead atoms. The van der Waals surface area contributed by atoms with E-state index in [1.165, 1.54) is 5.56 Å². The van der Waals surface area contributed by atoms with Crippen LogP contribution >= 0.6 is 0 Å². The molecule has 0 saturated carbocycles. The van der Waals surface area contributed by atoms with Gasteiger partial charge in [-0.15, -0.1) is 0 Å². The fourth-order valence-electron chi connectivity index (χ4n) is 2.71. The third-order valence-electron chi connectivity index (χ3n) is 4.13. The van der Waals surface area contributed by atoms with Crippen LogP contribution in [0.4, 0.5) is 11.4 Å². The molecule has 0 saturated heterocycles. The van der Waals surface area contributed by atoms with Crippen molar-refractivity contribution < 1.29 is 9.53 Å². The number of benzene rings is 2. The number of aryl methyl sites for hydroxylation is 2. The van der Waals surface area contributed by atoms with Crippen LogP contribution in [-0.4, -0.2) is 25.5 Å². The minimum Gasteiger partial charge on any atom is -0.489 e. The standard InChI is InChI=1S/C18H20N2O2/c1-12-6-7-14(10-13(12)2)16(21)11-20-8-9-22-17-5-3-4-15(19)18(17)20/h3-7,10H,8-9,11,19H2,1-2H3. The van der Waals surface area contributed by atoms with Crippen molar-refractivity contribution in [2.24, 2.45) is 0 Å².